The first-order valence-corrected chi connectivity index (χ1v) is 4.69. The van der Waals surface area contributed by atoms with Crippen LogP contribution < -0.4 is 0 Å². The molecular formula is C9H17NO2. The van der Waals surface area contributed by atoms with Crippen LogP contribution >= 0.6 is 0 Å². The second-order valence-corrected chi connectivity index (χ2v) is 3.99. The van der Waals surface area contributed by atoms with Crippen LogP contribution in [-0.4, -0.2) is 48.5 Å². The molecule has 0 radical (unpaired) electrons. The second-order valence-electron chi connectivity index (χ2n) is 3.99. The van der Waals surface area contributed by atoms with E-state index in [2.05, 4.69) is 4.90 Å². The Balaban J connectivity index is 2.09. The van der Waals surface area contributed by atoms with E-state index in [1.54, 1.807) is 7.11 Å². The fraction of sp³-hybridized carbons (Fsp3) is 1.00. The number of rotatable bonds is 2. The molecule has 0 amide bonds. The van der Waals surface area contributed by atoms with Crippen LogP contribution in [0.1, 0.15) is 19.3 Å². The summed E-state index contributed by atoms with van der Waals surface area (Å²) >= 11 is 0. The van der Waals surface area contributed by atoms with Crippen LogP contribution in [0.5, 0.6) is 0 Å². The predicted molar refractivity (Wildman–Crippen MR) is 46.0 cm³/mol. The molecule has 0 spiro atoms. The smallest absolute Gasteiger partial charge is 0.0716 e. The average molecular weight is 171 g/mol. The van der Waals surface area contributed by atoms with Crippen LogP contribution in [0, 0.1) is 0 Å². The summed E-state index contributed by atoms with van der Waals surface area (Å²) in [7, 11) is 1.76. The lowest BCUT2D eigenvalue weighted by molar-refractivity contribution is 0.0944. The molecule has 3 nitrogen and oxygen atoms in total. The summed E-state index contributed by atoms with van der Waals surface area (Å²) in [5, 5.41) is 9.34. The minimum atomic E-state index is 0.0840. The van der Waals surface area contributed by atoms with Gasteiger partial charge >= 0.3 is 0 Å². The Labute approximate surface area is 73.3 Å². The first kappa shape index (κ1) is 8.48. The van der Waals surface area contributed by atoms with E-state index >= 15 is 0 Å². The number of aliphatic hydroxyl groups excluding tert-OH is 1. The van der Waals surface area contributed by atoms with E-state index in [0.717, 1.165) is 25.9 Å². The molecule has 3 heteroatoms. The Morgan fingerprint density at radius 1 is 1.67 bits per heavy atom. The molecule has 0 aromatic heterocycles. The molecule has 2 aliphatic rings. The van der Waals surface area contributed by atoms with E-state index in [-0.39, 0.29) is 5.54 Å². The van der Waals surface area contributed by atoms with E-state index in [4.69, 9.17) is 4.74 Å². The van der Waals surface area contributed by atoms with Gasteiger partial charge in [0.1, 0.15) is 0 Å². The third-order valence-electron chi connectivity index (χ3n) is 3.40. The lowest BCUT2D eigenvalue weighted by atomic mass is 9.94. The van der Waals surface area contributed by atoms with E-state index in [1.807, 2.05) is 0 Å². The van der Waals surface area contributed by atoms with Crippen LogP contribution in [0.25, 0.3) is 0 Å². The highest BCUT2D eigenvalue weighted by Gasteiger charge is 2.47. The Kier molecular flexibility index (Phi) is 2.10. The molecule has 0 aromatic carbocycles. The number of methoxy groups -OCH3 is 1. The molecule has 2 aliphatic heterocycles. The molecule has 2 rings (SSSR count). The molecule has 2 heterocycles. The van der Waals surface area contributed by atoms with Crippen LogP contribution in [-0.2, 0) is 4.74 Å². The van der Waals surface area contributed by atoms with Gasteiger partial charge < -0.3 is 9.84 Å². The molecule has 2 fully saturated rings. The highest BCUT2D eigenvalue weighted by atomic mass is 16.5. The van der Waals surface area contributed by atoms with E-state index in [0.29, 0.717) is 12.7 Å². The largest absolute Gasteiger partial charge is 0.394 e. The van der Waals surface area contributed by atoms with Crippen molar-refractivity contribution >= 4 is 0 Å². The number of aliphatic hydroxyl groups is 1. The molecule has 2 saturated heterocycles. The Morgan fingerprint density at radius 3 is 3.08 bits per heavy atom. The Morgan fingerprint density at radius 2 is 2.50 bits per heavy atom. The second kappa shape index (κ2) is 2.98. The van der Waals surface area contributed by atoms with Crippen molar-refractivity contribution in [3.8, 4) is 0 Å². The van der Waals surface area contributed by atoms with Gasteiger partial charge in [-0.3, -0.25) is 4.90 Å². The predicted octanol–water partition coefficient (Wildman–Crippen LogP) is 0.232. The molecule has 0 aromatic rings. The third kappa shape index (κ3) is 1.08. The molecule has 70 valence electrons. The normalized spacial score (nSPS) is 42.0. The average Bonchev–Trinajstić information content (AvgIpc) is 2.58. The summed E-state index contributed by atoms with van der Waals surface area (Å²) in [5.74, 6) is 0. The van der Waals surface area contributed by atoms with Crippen molar-refractivity contribution in [1.82, 2.24) is 4.90 Å². The molecule has 1 N–H and O–H groups in total. The van der Waals surface area contributed by atoms with Crippen molar-refractivity contribution in [2.75, 3.05) is 26.8 Å². The van der Waals surface area contributed by atoms with E-state index in [9.17, 15) is 5.11 Å². The minimum absolute atomic E-state index is 0.0840. The monoisotopic (exact) mass is 171 g/mol. The van der Waals surface area contributed by atoms with Crippen molar-refractivity contribution in [1.29, 1.82) is 0 Å². The summed E-state index contributed by atoms with van der Waals surface area (Å²) in [4.78, 5) is 2.39. The zero-order valence-corrected chi connectivity index (χ0v) is 7.62. The first-order valence-electron chi connectivity index (χ1n) is 4.69. The van der Waals surface area contributed by atoms with Crippen LogP contribution in [0.4, 0.5) is 0 Å². The minimum Gasteiger partial charge on any atom is -0.394 e. The topological polar surface area (TPSA) is 32.7 Å². The van der Waals surface area contributed by atoms with Gasteiger partial charge in [-0.2, -0.15) is 0 Å². The highest BCUT2D eigenvalue weighted by molar-refractivity contribution is 5.03. The molecule has 0 unspecified atom stereocenters. The molecule has 2 atom stereocenters. The van der Waals surface area contributed by atoms with Gasteiger partial charge in [-0.25, -0.2) is 0 Å². The van der Waals surface area contributed by atoms with Crippen molar-refractivity contribution in [2.24, 2.45) is 0 Å². The summed E-state index contributed by atoms with van der Waals surface area (Å²) < 4.78 is 5.32. The van der Waals surface area contributed by atoms with Gasteiger partial charge in [-0.05, 0) is 25.8 Å². The van der Waals surface area contributed by atoms with Gasteiger partial charge in [0.15, 0.2) is 0 Å². The Bertz CT molecular complexity index is 174. The van der Waals surface area contributed by atoms with Crippen LogP contribution in [0.15, 0.2) is 0 Å². The van der Waals surface area contributed by atoms with E-state index < -0.39 is 0 Å². The molecule has 12 heavy (non-hydrogen) atoms. The first-order chi connectivity index (χ1) is 5.80. The SMILES string of the molecule is CO[C@H]1CN2CCC[C@@]2(CO)C1. The number of fused-ring (bicyclic) bond motifs is 1. The van der Waals surface area contributed by atoms with Gasteiger partial charge in [0.05, 0.1) is 12.7 Å². The summed E-state index contributed by atoms with van der Waals surface area (Å²) in [6.45, 7) is 2.45. The van der Waals surface area contributed by atoms with Gasteiger partial charge in [-0.15, -0.1) is 0 Å². The molecular weight excluding hydrogens is 154 g/mol. The lowest BCUT2D eigenvalue weighted by Crippen LogP contribution is -2.41. The van der Waals surface area contributed by atoms with Crippen molar-refractivity contribution in [2.45, 2.75) is 30.9 Å². The van der Waals surface area contributed by atoms with E-state index in [1.165, 1.54) is 6.42 Å². The van der Waals surface area contributed by atoms with Gasteiger partial charge in [-0.1, -0.05) is 0 Å². The Hall–Kier alpha value is -0.120. The van der Waals surface area contributed by atoms with Crippen molar-refractivity contribution in [3.05, 3.63) is 0 Å². The lowest BCUT2D eigenvalue weighted by Gasteiger charge is -2.28. The summed E-state index contributed by atoms with van der Waals surface area (Å²) in [6.07, 6.45) is 3.73. The maximum Gasteiger partial charge on any atom is 0.0716 e. The zero-order valence-electron chi connectivity index (χ0n) is 7.62. The van der Waals surface area contributed by atoms with Gasteiger partial charge in [0, 0.05) is 19.2 Å². The highest BCUT2D eigenvalue weighted by Crippen LogP contribution is 2.39. The van der Waals surface area contributed by atoms with Gasteiger partial charge in [0.2, 0.25) is 0 Å². The summed E-state index contributed by atoms with van der Waals surface area (Å²) in [6, 6.07) is 0. The van der Waals surface area contributed by atoms with Crippen molar-refractivity contribution < 1.29 is 9.84 Å². The number of ether oxygens (including phenoxy) is 1. The maximum atomic E-state index is 9.34. The fourth-order valence-corrected chi connectivity index (χ4v) is 2.65. The molecule has 0 bridgehead atoms. The summed E-state index contributed by atoms with van der Waals surface area (Å²) in [5.41, 5.74) is 0.0840. The zero-order chi connectivity index (χ0) is 8.60. The maximum absolute atomic E-state index is 9.34. The quantitative estimate of drug-likeness (QED) is 0.645. The molecule has 0 aliphatic carbocycles. The van der Waals surface area contributed by atoms with Crippen LogP contribution in [0.2, 0.25) is 0 Å². The number of nitrogens with zero attached hydrogens (tertiary/aromatic N) is 1. The van der Waals surface area contributed by atoms with Gasteiger partial charge in [0.25, 0.3) is 0 Å². The third-order valence-corrected chi connectivity index (χ3v) is 3.40. The number of hydrogen-bond acceptors (Lipinski definition) is 3. The van der Waals surface area contributed by atoms with Crippen molar-refractivity contribution in [3.63, 3.8) is 0 Å². The molecule has 0 saturated carbocycles. The van der Waals surface area contributed by atoms with Crippen LogP contribution in [0.3, 0.4) is 0 Å². The standard InChI is InChI=1S/C9H17NO2/c1-12-8-5-9(7-11)3-2-4-10(9)6-8/h8,11H,2-7H2,1H3/t8-,9+/m1/s1. The fourth-order valence-electron chi connectivity index (χ4n) is 2.65. The number of hydrogen-bond donors (Lipinski definition) is 1.